The Bertz CT molecular complexity index is 506. The van der Waals surface area contributed by atoms with Crippen LogP contribution in [0.3, 0.4) is 0 Å². The predicted octanol–water partition coefficient (Wildman–Crippen LogP) is 2.10. The molecule has 4 aliphatic rings. The molecule has 1 atom stereocenters. The number of nitrogens with zero attached hydrogens (tertiary/aromatic N) is 3. The van der Waals surface area contributed by atoms with E-state index in [9.17, 15) is 0 Å². The number of nitrogens with one attached hydrogen (secondary N) is 1. The van der Waals surface area contributed by atoms with Gasteiger partial charge in [-0.25, -0.2) is 0 Å². The molecule has 0 bridgehead atoms. The van der Waals surface area contributed by atoms with Crippen LogP contribution in [0.1, 0.15) is 51.9 Å². The summed E-state index contributed by atoms with van der Waals surface area (Å²) in [6, 6.07) is 0. The van der Waals surface area contributed by atoms with Crippen LogP contribution in [0.15, 0.2) is 4.99 Å². The van der Waals surface area contributed by atoms with E-state index in [1.165, 1.54) is 44.9 Å². The Kier molecular flexibility index (Phi) is 6.25. The number of guanidine groups is 1. The number of hydrogen-bond donors (Lipinski definition) is 1. The van der Waals surface area contributed by atoms with Crippen molar-refractivity contribution in [2.75, 3.05) is 65.7 Å². The maximum Gasteiger partial charge on any atom is 0.194 e. The van der Waals surface area contributed by atoms with E-state index in [1.54, 1.807) is 0 Å². The molecule has 1 N–H and O–H groups in total. The lowest BCUT2D eigenvalue weighted by atomic mass is 9.80. The molecule has 6 heteroatoms. The summed E-state index contributed by atoms with van der Waals surface area (Å²) in [5.74, 6) is 1.12. The molecule has 0 aromatic carbocycles. The van der Waals surface area contributed by atoms with Crippen LogP contribution in [-0.2, 0) is 9.47 Å². The number of morpholine rings is 1. The molecule has 3 aliphatic heterocycles. The molecular formula is C21H38N4O2. The Balaban J connectivity index is 1.47. The van der Waals surface area contributed by atoms with E-state index in [-0.39, 0.29) is 5.54 Å². The molecule has 1 aliphatic carbocycles. The zero-order valence-electron chi connectivity index (χ0n) is 17.2. The first-order valence-corrected chi connectivity index (χ1v) is 11.2. The number of likely N-dealkylation sites (tertiary alicyclic amines) is 1. The van der Waals surface area contributed by atoms with Crippen molar-refractivity contribution >= 4 is 5.96 Å². The smallest absolute Gasteiger partial charge is 0.194 e. The molecule has 27 heavy (non-hydrogen) atoms. The minimum absolute atomic E-state index is 0.247. The molecular weight excluding hydrogens is 340 g/mol. The SMILES string of the molecule is CCNC(=NCC1(N2CCOCC2)CCCCC1)N1CCC2(CCOC2)C1. The van der Waals surface area contributed by atoms with Gasteiger partial charge >= 0.3 is 0 Å². The molecule has 1 spiro atoms. The fourth-order valence-electron chi connectivity index (χ4n) is 5.56. The van der Waals surface area contributed by atoms with E-state index in [0.29, 0.717) is 5.41 Å². The largest absolute Gasteiger partial charge is 0.381 e. The lowest BCUT2D eigenvalue weighted by Gasteiger charge is -2.47. The van der Waals surface area contributed by atoms with Gasteiger partial charge in [0.15, 0.2) is 5.96 Å². The average molecular weight is 379 g/mol. The zero-order chi connectivity index (χ0) is 18.6. The quantitative estimate of drug-likeness (QED) is 0.600. The molecule has 0 aromatic heterocycles. The highest BCUT2D eigenvalue weighted by Crippen LogP contribution is 2.38. The second-order valence-electron chi connectivity index (χ2n) is 9.03. The fourth-order valence-corrected chi connectivity index (χ4v) is 5.56. The Morgan fingerprint density at radius 2 is 1.78 bits per heavy atom. The van der Waals surface area contributed by atoms with E-state index in [2.05, 4.69) is 22.0 Å². The Hall–Kier alpha value is -0.850. The summed E-state index contributed by atoms with van der Waals surface area (Å²) < 4.78 is 11.3. The molecule has 6 nitrogen and oxygen atoms in total. The summed E-state index contributed by atoms with van der Waals surface area (Å²) >= 11 is 0. The second-order valence-corrected chi connectivity index (χ2v) is 9.03. The van der Waals surface area contributed by atoms with Gasteiger partial charge in [-0.1, -0.05) is 19.3 Å². The van der Waals surface area contributed by atoms with Crippen molar-refractivity contribution in [3.8, 4) is 0 Å². The highest BCUT2D eigenvalue weighted by Gasteiger charge is 2.43. The van der Waals surface area contributed by atoms with Crippen LogP contribution in [0.2, 0.25) is 0 Å². The maximum atomic E-state index is 5.72. The van der Waals surface area contributed by atoms with Gasteiger partial charge < -0.3 is 19.7 Å². The van der Waals surface area contributed by atoms with Crippen LogP contribution < -0.4 is 5.32 Å². The van der Waals surface area contributed by atoms with Gasteiger partial charge in [0, 0.05) is 50.3 Å². The van der Waals surface area contributed by atoms with Crippen LogP contribution in [0.5, 0.6) is 0 Å². The topological polar surface area (TPSA) is 49.3 Å². The lowest BCUT2D eigenvalue weighted by Crippen LogP contribution is -2.56. The monoisotopic (exact) mass is 378 g/mol. The van der Waals surface area contributed by atoms with Crippen molar-refractivity contribution in [1.82, 2.24) is 15.1 Å². The number of aliphatic imine (C=N–C) groups is 1. The summed E-state index contributed by atoms with van der Waals surface area (Å²) in [5.41, 5.74) is 0.625. The Morgan fingerprint density at radius 3 is 2.48 bits per heavy atom. The molecule has 4 fully saturated rings. The van der Waals surface area contributed by atoms with Gasteiger partial charge in [-0.15, -0.1) is 0 Å². The van der Waals surface area contributed by atoms with E-state index in [1.807, 2.05) is 0 Å². The summed E-state index contributed by atoms with van der Waals surface area (Å²) in [6.45, 7) is 12.0. The second kappa shape index (κ2) is 8.66. The summed E-state index contributed by atoms with van der Waals surface area (Å²) in [4.78, 5) is 10.4. The first-order valence-electron chi connectivity index (χ1n) is 11.2. The van der Waals surface area contributed by atoms with Gasteiger partial charge in [-0.3, -0.25) is 9.89 Å². The number of ether oxygens (including phenoxy) is 2. The van der Waals surface area contributed by atoms with Gasteiger partial charge in [-0.05, 0) is 32.6 Å². The number of hydrogen-bond acceptors (Lipinski definition) is 4. The standard InChI is InChI=1S/C21H38N4O2/c1-2-22-19(24-10-8-20(17-24)9-13-27-18-20)23-16-21(6-4-3-5-7-21)25-11-14-26-15-12-25/h2-18H2,1H3,(H,22,23). The maximum absolute atomic E-state index is 5.72. The summed E-state index contributed by atoms with van der Waals surface area (Å²) in [5, 5.41) is 3.58. The molecule has 3 heterocycles. The highest BCUT2D eigenvalue weighted by molar-refractivity contribution is 5.80. The molecule has 154 valence electrons. The van der Waals surface area contributed by atoms with Crippen LogP contribution in [-0.4, -0.2) is 87.0 Å². The normalized spacial score (nSPS) is 32.3. The predicted molar refractivity (Wildman–Crippen MR) is 108 cm³/mol. The van der Waals surface area contributed by atoms with Crippen LogP contribution in [0.25, 0.3) is 0 Å². The molecule has 1 unspecified atom stereocenters. The van der Waals surface area contributed by atoms with Crippen LogP contribution >= 0.6 is 0 Å². The Morgan fingerprint density at radius 1 is 0.963 bits per heavy atom. The van der Waals surface area contributed by atoms with E-state index in [4.69, 9.17) is 14.5 Å². The van der Waals surface area contributed by atoms with Crippen molar-refractivity contribution in [1.29, 1.82) is 0 Å². The molecule has 4 rings (SSSR count). The average Bonchev–Trinajstić information content (AvgIpc) is 3.36. The summed E-state index contributed by atoms with van der Waals surface area (Å²) in [6.07, 6.45) is 9.08. The first-order chi connectivity index (χ1) is 13.3. The first kappa shape index (κ1) is 19.5. The third-order valence-corrected chi connectivity index (χ3v) is 7.25. The minimum Gasteiger partial charge on any atom is -0.381 e. The molecule has 0 amide bonds. The molecule has 0 aromatic rings. The fraction of sp³-hybridized carbons (Fsp3) is 0.952. The Labute approximate surface area is 164 Å². The van der Waals surface area contributed by atoms with Crippen LogP contribution in [0.4, 0.5) is 0 Å². The van der Waals surface area contributed by atoms with Crippen molar-refractivity contribution < 1.29 is 9.47 Å². The third kappa shape index (κ3) is 4.28. The number of rotatable bonds is 4. The van der Waals surface area contributed by atoms with Crippen molar-refractivity contribution in [3.05, 3.63) is 0 Å². The lowest BCUT2D eigenvalue weighted by molar-refractivity contribution is -0.0334. The van der Waals surface area contributed by atoms with Crippen molar-refractivity contribution in [2.24, 2.45) is 10.4 Å². The highest BCUT2D eigenvalue weighted by atomic mass is 16.5. The van der Waals surface area contributed by atoms with Gasteiger partial charge in [0.25, 0.3) is 0 Å². The van der Waals surface area contributed by atoms with Gasteiger partial charge in [0.1, 0.15) is 0 Å². The van der Waals surface area contributed by atoms with Crippen molar-refractivity contribution in [3.63, 3.8) is 0 Å². The third-order valence-electron chi connectivity index (χ3n) is 7.25. The van der Waals surface area contributed by atoms with E-state index >= 15 is 0 Å². The van der Waals surface area contributed by atoms with E-state index in [0.717, 1.165) is 71.7 Å². The van der Waals surface area contributed by atoms with E-state index < -0.39 is 0 Å². The molecule has 3 saturated heterocycles. The van der Waals surface area contributed by atoms with Crippen LogP contribution in [0, 0.1) is 5.41 Å². The van der Waals surface area contributed by atoms with Gasteiger partial charge in [-0.2, -0.15) is 0 Å². The zero-order valence-corrected chi connectivity index (χ0v) is 17.2. The van der Waals surface area contributed by atoms with Crippen molar-refractivity contribution in [2.45, 2.75) is 57.4 Å². The summed E-state index contributed by atoms with van der Waals surface area (Å²) in [7, 11) is 0. The minimum atomic E-state index is 0.247. The molecule has 1 saturated carbocycles. The van der Waals surface area contributed by atoms with Gasteiger partial charge in [0.05, 0.1) is 26.4 Å². The molecule has 0 radical (unpaired) electrons. The van der Waals surface area contributed by atoms with Gasteiger partial charge in [0.2, 0.25) is 0 Å².